The molecule has 4 heterocycles. The predicted molar refractivity (Wildman–Crippen MR) is 90.8 cm³/mol. The van der Waals surface area contributed by atoms with Crippen molar-refractivity contribution in [2.75, 3.05) is 13.1 Å². The van der Waals surface area contributed by atoms with Gasteiger partial charge in [-0.2, -0.15) is 0 Å². The Bertz CT molecular complexity index is 860. The first-order chi connectivity index (χ1) is 12.7. The van der Waals surface area contributed by atoms with Crippen LogP contribution in [0.4, 0.5) is 0 Å². The molecule has 1 spiro atoms. The van der Waals surface area contributed by atoms with Crippen molar-refractivity contribution in [1.29, 1.82) is 0 Å². The van der Waals surface area contributed by atoms with Gasteiger partial charge in [-0.3, -0.25) is 14.6 Å². The standard InChI is InChI=1S/C19H18N4O3/c24-17-10-16-19(6-9-22(16)18(25)14-11-20-7-8-21-14)23(17)12-15(26-19)13-4-2-1-3-5-13/h1-5,7-8,11,15-16H,6,9-10,12H2/t15-,16-,19+/m1/s1. The van der Waals surface area contributed by atoms with E-state index in [2.05, 4.69) is 9.97 Å². The van der Waals surface area contributed by atoms with Crippen LogP contribution in [0.5, 0.6) is 0 Å². The monoisotopic (exact) mass is 350 g/mol. The van der Waals surface area contributed by atoms with E-state index < -0.39 is 5.72 Å². The molecule has 7 nitrogen and oxygen atoms in total. The predicted octanol–water partition coefficient (Wildman–Crippen LogP) is 1.39. The summed E-state index contributed by atoms with van der Waals surface area (Å²) >= 11 is 0. The van der Waals surface area contributed by atoms with E-state index in [0.717, 1.165) is 5.56 Å². The summed E-state index contributed by atoms with van der Waals surface area (Å²) in [6, 6.07) is 9.65. The van der Waals surface area contributed by atoms with Gasteiger partial charge in [-0.1, -0.05) is 30.3 Å². The van der Waals surface area contributed by atoms with Crippen LogP contribution in [0.3, 0.4) is 0 Å². The molecular weight excluding hydrogens is 332 g/mol. The van der Waals surface area contributed by atoms with E-state index in [0.29, 0.717) is 31.6 Å². The van der Waals surface area contributed by atoms with Crippen molar-refractivity contribution in [3.63, 3.8) is 0 Å². The quantitative estimate of drug-likeness (QED) is 0.818. The number of likely N-dealkylation sites (tertiary alicyclic amines) is 1. The van der Waals surface area contributed by atoms with Crippen molar-refractivity contribution in [2.24, 2.45) is 0 Å². The molecule has 3 aliphatic rings. The zero-order chi connectivity index (χ0) is 17.7. The molecule has 132 valence electrons. The maximum Gasteiger partial charge on any atom is 0.274 e. The molecule has 3 saturated heterocycles. The van der Waals surface area contributed by atoms with Gasteiger partial charge in [0.25, 0.3) is 5.91 Å². The van der Waals surface area contributed by atoms with Gasteiger partial charge >= 0.3 is 0 Å². The lowest BCUT2D eigenvalue weighted by atomic mass is 10.1. The summed E-state index contributed by atoms with van der Waals surface area (Å²) in [5.41, 5.74) is 0.643. The second-order valence-corrected chi connectivity index (χ2v) is 6.93. The van der Waals surface area contributed by atoms with Crippen molar-refractivity contribution in [2.45, 2.75) is 30.7 Å². The van der Waals surface area contributed by atoms with Crippen LogP contribution in [0.1, 0.15) is 35.0 Å². The Hall–Kier alpha value is -2.80. The summed E-state index contributed by atoms with van der Waals surface area (Å²) in [6.45, 7) is 1.08. The highest BCUT2D eigenvalue weighted by Gasteiger charge is 2.65. The first-order valence-electron chi connectivity index (χ1n) is 8.79. The average Bonchev–Trinajstić information content (AvgIpc) is 3.31. The number of amides is 2. The average molecular weight is 350 g/mol. The molecule has 0 saturated carbocycles. The number of ether oxygens (including phenoxy) is 1. The summed E-state index contributed by atoms with van der Waals surface area (Å²) in [5, 5.41) is 0. The molecule has 5 rings (SSSR count). The molecule has 3 fully saturated rings. The molecule has 3 atom stereocenters. The Morgan fingerprint density at radius 1 is 1.23 bits per heavy atom. The number of benzene rings is 1. The minimum Gasteiger partial charge on any atom is -0.343 e. The largest absolute Gasteiger partial charge is 0.343 e. The molecule has 1 aromatic carbocycles. The molecule has 1 aromatic heterocycles. The minimum atomic E-state index is -0.713. The lowest BCUT2D eigenvalue weighted by molar-refractivity contribution is -0.138. The fraction of sp³-hybridized carbons (Fsp3) is 0.368. The van der Waals surface area contributed by atoms with E-state index in [9.17, 15) is 9.59 Å². The molecule has 0 unspecified atom stereocenters. The Morgan fingerprint density at radius 2 is 2.08 bits per heavy atom. The minimum absolute atomic E-state index is 0.0464. The van der Waals surface area contributed by atoms with Crippen LogP contribution < -0.4 is 0 Å². The van der Waals surface area contributed by atoms with Crippen LogP contribution in [0.2, 0.25) is 0 Å². The van der Waals surface area contributed by atoms with Crippen LogP contribution in [0.25, 0.3) is 0 Å². The molecule has 2 amide bonds. The van der Waals surface area contributed by atoms with Crippen molar-refractivity contribution in [1.82, 2.24) is 19.8 Å². The summed E-state index contributed by atoms with van der Waals surface area (Å²) in [6.07, 6.45) is 5.27. The Kier molecular flexibility index (Phi) is 3.33. The van der Waals surface area contributed by atoms with Crippen LogP contribution in [-0.2, 0) is 9.53 Å². The van der Waals surface area contributed by atoms with Gasteiger partial charge in [0.15, 0.2) is 5.72 Å². The molecule has 0 bridgehead atoms. The van der Waals surface area contributed by atoms with Gasteiger partial charge in [-0.25, -0.2) is 4.98 Å². The lowest BCUT2D eigenvalue weighted by Gasteiger charge is -2.31. The fourth-order valence-electron chi connectivity index (χ4n) is 4.47. The maximum absolute atomic E-state index is 12.9. The van der Waals surface area contributed by atoms with Gasteiger partial charge in [0.2, 0.25) is 5.91 Å². The molecule has 2 aromatic rings. The summed E-state index contributed by atoms with van der Waals surface area (Å²) in [4.78, 5) is 37.1. The number of carbonyl (C=O) groups is 2. The molecule has 26 heavy (non-hydrogen) atoms. The zero-order valence-corrected chi connectivity index (χ0v) is 14.1. The number of aromatic nitrogens is 2. The summed E-state index contributed by atoms with van der Waals surface area (Å²) in [7, 11) is 0. The zero-order valence-electron chi connectivity index (χ0n) is 14.1. The van der Waals surface area contributed by atoms with Gasteiger partial charge in [0.1, 0.15) is 11.8 Å². The topological polar surface area (TPSA) is 75.6 Å². The van der Waals surface area contributed by atoms with E-state index >= 15 is 0 Å². The Balaban J connectivity index is 1.45. The lowest BCUT2D eigenvalue weighted by Crippen LogP contribution is -2.48. The molecule has 0 aliphatic carbocycles. The van der Waals surface area contributed by atoms with Crippen molar-refractivity contribution in [3.05, 3.63) is 60.2 Å². The van der Waals surface area contributed by atoms with E-state index in [-0.39, 0.29) is 24.0 Å². The fourth-order valence-corrected chi connectivity index (χ4v) is 4.47. The Labute approximate surface area is 150 Å². The van der Waals surface area contributed by atoms with Crippen LogP contribution in [0.15, 0.2) is 48.9 Å². The van der Waals surface area contributed by atoms with E-state index in [4.69, 9.17) is 4.74 Å². The van der Waals surface area contributed by atoms with Crippen molar-refractivity contribution in [3.8, 4) is 0 Å². The second-order valence-electron chi connectivity index (χ2n) is 6.93. The highest BCUT2D eigenvalue weighted by molar-refractivity contribution is 5.94. The Morgan fingerprint density at radius 3 is 2.85 bits per heavy atom. The highest BCUT2D eigenvalue weighted by Crippen LogP contribution is 2.50. The first-order valence-corrected chi connectivity index (χ1v) is 8.79. The number of nitrogens with zero attached hydrogens (tertiary/aromatic N) is 4. The van der Waals surface area contributed by atoms with E-state index in [1.54, 1.807) is 4.90 Å². The smallest absolute Gasteiger partial charge is 0.274 e. The molecule has 0 N–H and O–H groups in total. The number of carbonyl (C=O) groups excluding carboxylic acids is 2. The molecule has 7 heteroatoms. The second kappa shape index (κ2) is 5.60. The van der Waals surface area contributed by atoms with Gasteiger partial charge in [-0.05, 0) is 5.56 Å². The van der Waals surface area contributed by atoms with Crippen molar-refractivity contribution < 1.29 is 14.3 Å². The normalized spacial score (nSPS) is 29.8. The third kappa shape index (κ3) is 2.10. The molecule has 0 radical (unpaired) electrons. The van der Waals surface area contributed by atoms with Gasteiger partial charge in [0.05, 0.1) is 25.2 Å². The number of hydrogen-bond acceptors (Lipinski definition) is 5. The van der Waals surface area contributed by atoms with E-state index in [1.807, 2.05) is 35.2 Å². The summed E-state index contributed by atoms with van der Waals surface area (Å²) in [5.74, 6) is -0.147. The van der Waals surface area contributed by atoms with Crippen LogP contribution >= 0.6 is 0 Å². The first kappa shape index (κ1) is 15.5. The highest BCUT2D eigenvalue weighted by atomic mass is 16.5. The van der Waals surface area contributed by atoms with Crippen LogP contribution in [-0.4, -0.2) is 56.4 Å². The van der Waals surface area contributed by atoms with Gasteiger partial charge < -0.3 is 14.5 Å². The number of rotatable bonds is 2. The third-order valence-corrected chi connectivity index (χ3v) is 5.64. The van der Waals surface area contributed by atoms with Gasteiger partial charge in [0, 0.05) is 25.4 Å². The van der Waals surface area contributed by atoms with Crippen LogP contribution in [0, 0.1) is 0 Å². The molecule has 3 aliphatic heterocycles. The molecular formula is C19H18N4O3. The van der Waals surface area contributed by atoms with Gasteiger partial charge in [-0.15, -0.1) is 0 Å². The van der Waals surface area contributed by atoms with E-state index in [1.165, 1.54) is 18.6 Å². The SMILES string of the molecule is O=C(c1cnccn1)N1CC[C@@]23O[C@@H](c4ccccc4)CN2C(=O)C[C@@H]13. The summed E-state index contributed by atoms with van der Waals surface area (Å²) < 4.78 is 6.44. The maximum atomic E-state index is 12.9. The van der Waals surface area contributed by atoms with Crippen molar-refractivity contribution >= 4 is 11.8 Å². The number of hydrogen-bond donors (Lipinski definition) is 0. The third-order valence-electron chi connectivity index (χ3n) is 5.64.